The Balaban J connectivity index is 2.27. The van der Waals surface area contributed by atoms with Crippen LogP contribution >= 0.6 is 0 Å². The molecule has 0 spiro atoms. The van der Waals surface area contributed by atoms with Crippen molar-refractivity contribution in [2.75, 3.05) is 13.1 Å². The van der Waals surface area contributed by atoms with E-state index in [1.807, 2.05) is 0 Å². The van der Waals surface area contributed by atoms with Gasteiger partial charge in [-0.3, -0.25) is 0 Å². The van der Waals surface area contributed by atoms with Gasteiger partial charge in [0.05, 0.1) is 5.52 Å². The first-order chi connectivity index (χ1) is 8.24. The van der Waals surface area contributed by atoms with Crippen molar-refractivity contribution in [3.05, 3.63) is 40.2 Å². The third-order valence-electron chi connectivity index (χ3n) is 3.18. The molecular weight excluding hydrogens is 221 g/mol. The Morgan fingerprint density at radius 2 is 2.29 bits per heavy atom. The molecule has 4 nitrogen and oxygen atoms in total. The first kappa shape index (κ1) is 10.4. The minimum Gasteiger partial charge on any atom is -0.316 e. The number of hydrogen-bond acceptors (Lipinski definition) is 3. The van der Waals surface area contributed by atoms with Gasteiger partial charge in [0.2, 0.25) is 0 Å². The predicted molar refractivity (Wildman–Crippen MR) is 62.5 cm³/mol. The minimum absolute atomic E-state index is 0.231. The zero-order chi connectivity index (χ0) is 11.8. The van der Waals surface area contributed by atoms with E-state index in [1.165, 1.54) is 12.1 Å². The van der Waals surface area contributed by atoms with E-state index in [1.54, 1.807) is 6.07 Å². The highest BCUT2D eigenvalue weighted by Gasteiger charge is 2.20. The first-order valence-corrected chi connectivity index (χ1v) is 5.64. The number of rotatable bonds is 1. The molecule has 1 aromatic carbocycles. The molecule has 0 aliphatic carbocycles. The highest BCUT2D eigenvalue weighted by molar-refractivity contribution is 5.81. The van der Waals surface area contributed by atoms with Gasteiger partial charge in [0.25, 0.3) is 0 Å². The van der Waals surface area contributed by atoms with Gasteiger partial charge in [0.15, 0.2) is 0 Å². The lowest BCUT2D eigenvalue weighted by molar-refractivity contribution is 0.628. The van der Waals surface area contributed by atoms with Crippen molar-refractivity contribution in [2.45, 2.75) is 12.3 Å². The van der Waals surface area contributed by atoms with Crippen LogP contribution in [0.2, 0.25) is 0 Å². The number of benzene rings is 1. The maximum absolute atomic E-state index is 13.3. The standard InChI is InChI=1S/C12H12FN3O/c13-8-1-2-10-9(5-8)11(16-12(17)15-10)7-3-4-14-6-7/h1-2,5,7,14H,3-4,6H2,(H,15,16,17). The van der Waals surface area contributed by atoms with Gasteiger partial charge in [0.1, 0.15) is 5.82 Å². The molecule has 1 fully saturated rings. The number of nitrogens with one attached hydrogen (secondary N) is 2. The van der Waals surface area contributed by atoms with E-state index in [0.29, 0.717) is 10.9 Å². The summed E-state index contributed by atoms with van der Waals surface area (Å²) >= 11 is 0. The fraction of sp³-hybridized carbons (Fsp3) is 0.333. The molecule has 1 aliphatic rings. The van der Waals surface area contributed by atoms with Crippen LogP contribution in [0.15, 0.2) is 23.0 Å². The van der Waals surface area contributed by atoms with Crippen LogP contribution in [0.5, 0.6) is 0 Å². The highest BCUT2D eigenvalue weighted by Crippen LogP contribution is 2.26. The van der Waals surface area contributed by atoms with Gasteiger partial charge in [-0.15, -0.1) is 0 Å². The number of nitrogens with zero attached hydrogens (tertiary/aromatic N) is 1. The zero-order valence-electron chi connectivity index (χ0n) is 9.16. The Hall–Kier alpha value is -1.75. The maximum atomic E-state index is 13.3. The fourth-order valence-electron chi connectivity index (χ4n) is 2.36. The Morgan fingerprint density at radius 3 is 3.06 bits per heavy atom. The molecule has 17 heavy (non-hydrogen) atoms. The Labute approximate surface area is 96.9 Å². The summed E-state index contributed by atoms with van der Waals surface area (Å²) in [5.74, 6) is -0.0754. The van der Waals surface area contributed by atoms with Crippen LogP contribution in [0.1, 0.15) is 18.0 Å². The van der Waals surface area contributed by atoms with Crippen LogP contribution in [-0.2, 0) is 0 Å². The van der Waals surface area contributed by atoms with Gasteiger partial charge in [0, 0.05) is 23.5 Å². The van der Waals surface area contributed by atoms with Gasteiger partial charge in [-0.2, -0.15) is 4.98 Å². The van der Waals surface area contributed by atoms with Crippen molar-refractivity contribution >= 4 is 10.9 Å². The summed E-state index contributed by atoms with van der Waals surface area (Å²) in [6.07, 6.45) is 0.950. The minimum atomic E-state index is -0.369. The van der Waals surface area contributed by atoms with Crippen molar-refractivity contribution in [3.8, 4) is 0 Å². The van der Waals surface area contributed by atoms with Crippen molar-refractivity contribution in [1.82, 2.24) is 15.3 Å². The molecule has 1 atom stereocenters. The number of halogens is 1. The average Bonchev–Trinajstić information content (AvgIpc) is 2.82. The molecule has 0 saturated carbocycles. The van der Waals surface area contributed by atoms with Gasteiger partial charge < -0.3 is 10.3 Å². The van der Waals surface area contributed by atoms with Gasteiger partial charge in [-0.25, -0.2) is 9.18 Å². The Kier molecular flexibility index (Phi) is 2.40. The maximum Gasteiger partial charge on any atom is 0.345 e. The van der Waals surface area contributed by atoms with Crippen molar-refractivity contribution in [1.29, 1.82) is 0 Å². The molecule has 1 aromatic heterocycles. The predicted octanol–water partition coefficient (Wildman–Crippen LogP) is 1.14. The molecule has 88 valence electrons. The second-order valence-corrected chi connectivity index (χ2v) is 4.31. The van der Waals surface area contributed by atoms with Crippen LogP contribution in [0.25, 0.3) is 10.9 Å². The lowest BCUT2D eigenvalue weighted by atomic mass is 10.0. The van der Waals surface area contributed by atoms with Crippen molar-refractivity contribution in [3.63, 3.8) is 0 Å². The molecule has 2 heterocycles. The summed E-state index contributed by atoms with van der Waals surface area (Å²) in [5.41, 5.74) is 0.979. The second kappa shape index (κ2) is 3.92. The van der Waals surface area contributed by atoms with Gasteiger partial charge >= 0.3 is 5.69 Å². The summed E-state index contributed by atoms with van der Waals surface area (Å²) in [4.78, 5) is 18.1. The van der Waals surface area contributed by atoms with E-state index >= 15 is 0 Å². The normalized spacial score (nSPS) is 19.9. The molecule has 1 unspecified atom stereocenters. The summed E-state index contributed by atoms with van der Waals surface area (Å²) in [5, 5.41) is 3.94. The SMILES string of the molecule is O=c1nc2ccc(F)cc2c(C2CCNC2)[nH]1. The monoisotopic (exact) mass is 233 g/mol. The first-order valence-electron chi connectivity index (χ1n) is 5.64. The van der Waals surface area contributed by atoms with E-state index in [-0.39, 0.29) is 17.4 Å². The van der Waals surface area contributed by atoms with Crippen LogP contribution in [0, 0.1) is 5.82 Å². The number of hydrogen-bond donors (Lipinski definition) is 2. The average molecular weight is 233 g/mol. The van der Waals surface area contributed by atoms with E-state index in [0.717, 1.165) is 25.2 Å². The molecule has 0 bridgehead atoms. The van der Waals surface area contributed by atoms with Gasteiger partial charge in [-0.05, 0) is 31.2 Å². The highest BCUT2D eigenvalue weighted by atomic mass is 19.1. The zero-order valence-corrected chi connectivity index (χ0v) is 9.16. The van der Waals surface area contributed by atoms with E-state index in [4.69, 9.17) is 0 Å². The topological polar surface area (TPSA) is 57.8 Å². The number of aromatic amines is 1. The van der Waals surface area contributed by atoms with E-state index in [2.05, 4.69) is 15.3 Å². The molecule has 1 saturated heterocycles. The molecule has 0 amide bonds. The van der Waals surface area contributed by atoms with Crippen LogP contribution in [0.3, 0.4) is 0 Å². The fourth-order valence-corrected chi connectivity index (χ4v) is 2.36. The largest absolute Gasteiger partial charge is 0.345 e. The van der Waals surface area contributed by atoms with Crippen molar-refractivity contribution in [2.24, 2.45) is 0 Å². The van der Waals surface area contributed by atoms with E-state index < -0.39 is 0 Å². The second-order valence-electron chi connectivity index (χ2n) is 4.31. The quantitative estimate of drug-likeness (QED) is 0.776. The van der Waals surface area contributed by atoms with Crippen LogP contribution in [-0.4, -0.2) is 23.1 Å². The van der Waals surface area contributed by atoms with Crippen LogP contribution < -0.4 is 11.0 Å². The lowest BCUT2D eigenvalue weighted by Gasteiger charge is -2.11. The molecule has 2 aromatic rings. The number of fused-ring (bicyclic) bond motifs is 1. The molecular formula is C12H12FN3O. The smallest absolute Gasteiger partial charge is 0.316 e. The Bertz CT molecular complexity index is 617. The number of H-pyrrole nitrogens is 1. The summed E-state index contributed by atoms with van der Waals surface area (Å²) < 4.78 is 13.3. The van der Waals surface area contributed by atoms with Crippen LogP contribution in [0.4, 0.5) is 4.39 Å². The summed E-state index contributed by atoms with van der Waals surface area (Å²) in [7, 11) is 0. The van der Waals surface area contributed by atoms with Crippen molar-refractivity contribution < 1.29 is 4.39 Å². The Morgan fingerprint density at radius 1 is 1.41 bits per heavy atom. The summed E-state index contributed by atoms with van der Waals surface area (Å²) in [6.45, 7) is 1.73. The molecule has 2 N–H and O–H groups in total. The molecule has 0 radical (unpaired) electrons. The molecule has 5 heteroatoms. The summed E-state index contributed by atoms with van der Waals surface area (Å²) in [6, 6.07) is 4.31. The van der Waals surface area contributed by atoms with Gasteiger partial charge in [-0.1, -0.05) is 0 Å². The third-order valence-corrected chi connectivity index (χ3v) is 3.18. The third kappa shape index (κ3) is 1.82. The van der Waals surface area contributed by atoms with E-state index in [9.17, 15) is 9.18 Å². The molecule has 3 rings (SSSR count). The number of aromatic nitrogens is 2. The molecule has 1 aliphatic heterocycles. The lowest BCUT2D eigenvalue weighted by Crippen LogP contribution is -2.17.